The Morgan fingerprint density at radius 2 is 1.62 bits per heavy atom. The molecule has 1 amide bonds. The van der Waals surface area contributed by atoms with Gasteiger partial charge in [0.05, 0.1) is 13.2 Å². The van der Waals surface area contributed by atoms with Crippen LogP contribution < -0.4 is 5.32 Å². The van der Waals surface area contributed by atoms with Gasteiger partial charge in [-0.15, -0.1) is 0 Å². The third-order valence-corrected chi connectivity index (χ3v) is 7.93. The zero-order valence-electron chi connectivity index (χ0n) is 21.1. The predicted octanol–water partition coefficient (Wildman–Crippen LogP) is 0.918. The van der Waals surface area contributed by atoms with Gasteiger partial charge in [0.25, 0.3) is 0 Å². The van der Waals surface area contributed by atoms with Crippen molar-refractivity contribution in [1.82, 2.24) is 5.32 Å². The number of rotatable bonds is 12. The molecule has 1 aliphatic heterocycles. The van der Waals surface area contributed by atoms with Gasteiger partial charge in [-0.05, 0) is 34.4 Å². The molecule has 2 aliphatic rings. The molecule has 1 fully saturated rings. The molecule has 6 N–H and O–H groups in total. The lowest BCUT2D eigenvalue weighted by Gasteiger charge is -2.39. The van der Waals surface area contributed by atoms with Crippen LogP contribution >= 0.6 is 11.8 Å². The summed E-state index contributed by atoms with van der Waals surface area (Å²) in [5.74, 6) is -0.745. The number of thioether (sulfide) groups is 1. The quantitative estimate of drug-likeness (QED) is 0.203. The second-order valence-corrected chi connectivity index (χ2v) is 10.5. The van der Waals surface area contributed by atoms with E-state index in [1.165, 1.54) is 11.8 Å². The Kier molecular flexibility index (Phi) is 10.2. The smallest absolute Gasteiger partial charge is 0.407 e. The lowest BCUT2D eigenvalue weighted by molar-refractivity contribution is -0.300. The Balaban J connectivity index is 1.19. The van der Waals surface area contributed by atoms with Crippen LogP contribution in [0.15, 0.2) is 48.5 Å². The number of carbonyl (C=O) groups excluding carboxylic acids is 1. The Bertz CT molecular complexity index is 1090. The first-order chi connectivity index (χ1) is 18.8. The molecule has 2 aromatic carbocycles. The molecule has 0 spiro atoms. The van der Waals surface area contributed by atoms with Crippen molar-refractivity contribution in [1.29, 1.82) is 0 Å². The molecule has 0 radical (unpaired) electrons. The number of fused-ring (bicyclic) bond motifs is 3. The van der Waals surface area contributed by atoms with E-state index in [0.29, 0.717) is 12.2 Å². The van der Waals surface area contributed by atoms with Crippen LogP contribution in [0.25, 0.3) is 11.1 Å². The van der Waals surface area contributed by atoms with E-state index in [2.05, 4.69) is 5.32 Å². The molecule has 12 heteroatoms. The Hall–Kier alpha value is -2.71. The van der Waals surface area contributed by atoms with Crippen LogP contribution in [0.5, 0.6) is 0 Å². The van der Waals surface area contributed by atoms with Crippen molar-refractivity contribution in [2.75, 3.05) is 31.3 Å². The lowest BCUT2D eigenvalue weighted by atomic mass is 9.98. The molecule has 4 rings (SSSR count). The van der Waals surface area contributed by atoms with Gasteiger partial charge in [-0.3, -0.25) is 0 Å². The first kappa shape index (κ1) is 29.3. The number of nitrogens with one attached hydrogen (secondary N) is 1. The molecule has 0 aromatic heterocycles. The first-order valence-corrected chi connectivity index (χ1v) is 13.8. The fourth-order valence-corrected chi connectivity index (χ4v) is 5.67. The summed E-state index contributed by atoms with van der Waals surface area (Å²) in [5.41, 5.74) is 4.31. The average molecular weight is 564 g/mol. The monoisotopic (exact) mass is 563 g/mol. The van der Waals surface area contributed by atoms with E-state index < -0.39 is 55.4 Å². The number of ether oxygens (including phenoxy) is 3. The van der Waals surface area contributed by atoms with Gasteiger partial charge in [-0.2, -0.15) is 11.8 Å². The van der Waals surface area contributed by atoms with Gasteiger partial charge in [-0.25, -0.2) is 9.59 Å². The maximum atomic E-state index is 12.5. The summed E-state index contributed by atoms with van der Waals surface area (Å²) in [4.78, 5) is 24.1. The molecule has 1 heterocycles. The molecular formula is C27H33NO10S. The highest BCUT2D eigenvalue weighted by Crippen LogP contribution is 2.44. The van der Waals surface area contributed by atoms with Crippen molar-refractivity contribution in [2.24, 2.45) is 0 Å². The molecular weight excluding hydrogens is 530 g/mol. The minimum atomic E-state index is -1.52. The van der Waals surface area contributed by atoms with E-state index in [9.17, 15) is 35.1 Å². The molecule has 39 heavy (non-hydrogen) atoms. The number of benzene rings is 2. The van der Waals surface area contributed by atoms with Gasteiger partial charge in [-0.1, -0.05) is 48.5 Å². The van der Waals surface area contributed by atoms with E-state index in [4.69, 9.17) is 14.2 Å². The van der Waals surface area contributed by atoms with Crippen LogP contribution in [0.4, 0.5) is 4.79 Å². The van der Waals surface area contributed by atoms with E-state index in [1.54, 1.807) is 0 Å². The second-order valence-electron chi connectivity index (χ2n) is 9.36. The number of hydrogen-bond donors (Lipinski definition) is 6. The largest absolute Gasteiger partial charge is 0.480 e. The molecule has 0 saturated carbocycles. The zero-order chi connectivity index (χ0) is 27.9. The van der Waals surface area contributed by atoms with E-state index in [1.807, 2.05) is 48.5 Å². The number of carboxylic acid groups (broad SMARTS) is 1. The van der Waals surface area contributed by atoms with Gasteiger partial charge in [0.1, 0.15) is 37.1 Å². The average Bonchev–Trinajstić information content (AvgIpc) is 3.26. The van der Waals surface area contributed by atoms with E-state index in [0.717, 1.165) is 22.3 Å². The number of aliphatic hydroxyl groups excluding tert-OH is 4. The first-order valence-electron chi connectivity index (χ1n) is 12.7. The number of hydrogen-bond acceptors (Lipinski definition) is 10. The number of aliphatic carboxylic acids is 1. The molecule has 212 valence electrons. The van der Waals surface area contributed by atoms with E-state index in [-0.39, 0.29) is 24.9 Å². The van der Waals surface area contributed by atoms with Gasteiger partial charge in [0, 0.05) is 11.7 Å². The zero-order valence-corrected chi connectivity index (χ0v) is 21.9. The SMILES string of the molecule is O=C(N[C@@H](CSCCCOC1OC(CO)C(O)C(O)C1O)C(=O)O)OCC1c2ccccc2-c2ccccc21. The van der Waals surface area contributed by atoms with Crippen LogP contribution in [-0.4, -0.2) is 106 Å². The summed E-state index contributed by atoms with van der Waals surface area (Å²) in [5, 5.41) is 50.8. The number of carboxylic acids is 1. The summed E-state index contributed by atoms with van der Waals surface area (Å²) in [6.45, 7) is -0.351. The van der Waals surface area contributed by atoms with Crippen molar-refractivity contribution in [3.63, 3.8) is 0 Å². The fourth-order valence-electron chi connectivity index (χ4n) is 4.72. The molecule has 1 aliphatic carbocycles. The fraction of sp³-hybridized carbons (Fsp3) is 0.481. The van der Waals surface area contributed by atoms with Crippen molar-refractivity contribution in [2.45, 2.75) is 49.1 Å². The molecule has 1 saturated heterocycles. The molecule has 5 unspecified atom stereocenters. The minimum absolute atomic E-state index is 0.0780. The number of alkyl carbamates (subject to hydrolysis) is 1. The van der Waals surface area contributed by atoms with Gasteiger partial charge in [0.15, 0.2) is 6.29 Å². The standard InChI is InChI=1S/C27H33NO10S/c29-12-21-22(30)23(31)24(32)26(38-21)36-10-5-11-39-14-20(25(33)34)28-27(35)37-13-19-17-8-3-1-6-15(17)16-7-2-4-9-18(16)19/h1-4,6-9,19-24,26,29-32H,5,10-14H2,(H,28,35)(H,33,34)/t20-,21?,22?,23?,24?,26?/m0/s1. The highest BCUT2D eigenvalue weighted by molar-refractivity contribution is 7.99. The van der Waals surface area contributed by atoms with Gasteiger partial charge in [0.2, 0.25) is 0 Å². The summed E-state index contributed by atoms with van der Waals surface area (Å²) in [6, 6.07) is 14.7. The summed E-state index contributed by atoms with van der Waals surface area (Å²) in [7, 11) is 0. The van der Waals surface area contributed by atoms with Crippen LogP contribution in [0, 0.1) is 0 Å². The third kappa shape index (κ3) is 6.90. The van der Waals surface area contributed by atoms with Crippen LogP contribution in [0.2, 0.25) is 0 Å². The van der Waals surface area contributed by atoms with Gasteiger partial charge < -0.3 is 45.1 Å². The second kappa shape index (κ2) is 13.6. The lowest BCUT2D eigenvalue weighted by Crippen LogP contribution is -2.59. The maximum absolute atomic E-state index is 12.5. The molecule has 11 nitrogen and oxygen atoms in total. The highest BCUT2D eigenvalue weighted by atomic mass is 32.2. The Morgan fingerprint density at radius 1 is 0.974 bits per heavy atom. The van der Waals surface area contributed by atoms with Gasteiger partial charge >= 0.3 is 12.1 Å². The number of carbonyl (C=O) groups is 2. The van der Waals surface area contributed by atoms with Crippen molar-refractivity contribution in [3.05, 3.63) is 59.7 Å². The third-order valence-electron chi connectivity index (χ3n) is 6.78. The minimum Gasteiger partial charge on any atom is -0.480 e. The predicted molar refractivity (Wildman–Crippen MR) is 141 cm³/mol. The van der Waals surface area contributed by atoms with Crippen molar-refractivity contribution >= 4 is 23.8 Å². The van der Waals surface area contributed by atoms with Crippen molar-refractivity contribution < 1.29 is 49.3 Å². The summed E-state index contributed by atoms with van der Waals surface area (Å²) in [6.07, 6.45) is -7.08. The van der Waals surface area contributed by atoms with Crippen LogP contribution in [-0.2, 0) is 19.0 Å². The summed E-state index contributed by atoms with van der Waals surface area (Å²) >= 11 is 1.29. The number of amides is 1. The Labute approximate surface area is 229 Å². The normalized spacial score (nSPS) is 25.0. The summed E-state index contributed by atoms with van der Waals surface area (Å²) < 4.78 is 16.1. The molecule has 6 atom stereocenters. The van der Waals surface area contributed by atoms with Crippen LogP contribution in [0.1, 0.15) is 23.5 Å². The molecule has 0 bridgehead atoms. The van der Waals surface area contributed by atoms with Crippen LogP contribution in [0.3, 0.4) is 0 Å². The molecule has 2 aromatic rings. The Morgan fingerprint density at radius 3 is 2.23 bits per heavy atom. The topological polar surface area (TPSA) is 175 Å². The highest BCUT2D eigenvalue weighted by Gasteiger charge is 2.43. The number of aliphatic hydroxyl groups is 4. The van der Waals surface area contributed by atoms with E-state index >= 15 is 0 Å². The maximum Gasteiger partial charge on any atom is 0.407 e. The van der Waals surface area contributed by atoms with Crippen molar-refractivity contribution in [3.8, 4) is 11.1 Å².